The second-order valence-corrected chi connectivity index (χ2v) is 8.10. The lowest BCUT2D eigenvalue weighted by atomic mass is 9.54. The van der Waals surface area contributed by atoms with Gasteiger partial charge in [0.15, 0.2) is 0 Å². The zero-order chi connectivity index (χ0) is 17.8. The van der Waals surface area contributed by atoms with Crippen LogP contribution in [-0.2, 0) is 20.7 Å². The van der Waals surface area contributed by atoms with E-state index in [2.05, 4.69) is 12.1 Å². The summed E-state index contributed by atoms with van der Waals surface area (Å²) in [7, 11) is 1.42. The van der Waals surface area contributed by atoms with Crippen LogP contribution in [0.25, 0.3) is 0 Å². The molecule has 0 bridgehead atoms. The molecule has 0 radical (unpaired) electrons. The maximum atomic E-state index is 12.6. The number of aliphatic hydroxyl groups is 1. The molecule has 3 aliphatic carbocycles. The van der Waals surface area contributed by atoms with Crippen molar-refractivity contribution in [2.75, 3.05) is 7.11 Å². The minimum Gasteiger partial charge on any atom is -0.469 e. The maximum Gasteiger partial charge on any atom is 0.309 e. The van der Waals surface area contributed by atoms with Crippen molar-refractivity contribution in [1.29, 1.82) is 0 Å². The van der Waals surface area contributed by atoms with Gasteiger partial charge in [-0.15, -0.1) is 0 Å². The van der Waals surface area contributed by atoms with E-state index in [0.29, 0.717) is 6.42 Å². The molecule has 6 atom stereocenters. The van der Waals surface area contributed by atoms with Gasteiger partial charge in [-0.2, -0.15) is 0 Å². The van der Waals surface area contributed by atoms with Crippen molar-refractivity contribution < 1.29 is 19.4 Å². The Morgan fingerprint density at radius 1 is 1.20 bits per heavy atom. The molecule has 1 aromatic carbocycles. The van der Waals surface area contributed by atoms with Gasteiger partial charge in [0.05, 0.1) is 18.6 Å². The first-order valence-corrected chi connectivity index (χ1v) is 9.36. The van der Waals surface area contributed by atoms with Gasteiger partial charge in [-0.3, -0.25) is 9.59 Å². The Kier molecular flexibility index (Phi) is 3.99. The standard InChI is InChI=1S/C21H26O4/c1-12(22)17-9-10-18-15-8-7-13-5-3-4-6-14(13)19(15)16(20(23)25-2)11-21(17,18)24/h3-6,15-19,24H,7-11H2,1-2H3/t15-,16+,17-,18-,19+,21+/m0/s1. The Labute approximate surface area is 148 Å². The van der Waals surface area contributed by atoms with E-state index in [1.807, 2.05) is 12.1 Å². The molecule has 2 fully saturated rings. The Morgan fingerprint density at radius 3 is 2.68 bits per heavy atom. The van der Waals surface area contributed by atoms with Crippen molar-refractivity contribution in [2.24, 2.45) is 23.7 Å². The number of ketones is 1. The highest BCUT2D eigenvalue weighted by molar-refractivity contribution is 5.81. The summed E-state index contributed by atoms with van der Waals surface area (Å²) < 4.78 is 5.11. The number of carbonyl (C=O) groups excluding carboxylic acids is 2. The van der Waals surface area contributed by atoms with Crippen molar-refractivity contribution in [3.63, 3.8) is 0 Å². The van der Waals surface area contributed by atoms with E-state index in [1.165, 1.54) is 18.2 Å². The summed E-state index contributed by atoms with van der Waals surface area (Å²) in [6.45, 7) is 1.57. The average molecular weight is 342 g/mol. The van der Waals surface area contributed by atoms with Gasteiger partial charge in [0.2, 0.25) is 0 Å². The van der Waals surface area contributed by atoms with Crippen LogP contribution in [0.1, 0.15) is 49.7 Å². The molecular weight excluding hydrogens is 316 g/mol. The van der Waals surface area contributed by atoms with Gasteiger partial charge in [-0.1, -0.05) is 24.3 Å². The lowest BCUT2D eigenvalue weighted by Gasteiger charge is -2.52. The van der Waals surface area contributed by atoms with E-state index >= 15 is 0 Å². The zero-order valence-electron chi connectivity index (χ0n) is 14.9. The molecule has 25 heavy (non-hydrogen) atoms. The summed E-state index contributed by atoms with van der Waals surface area (Å²) in [5.41, 5.74) is 1.49. The van der Waals surface area contributed by atoms with Gasteiger partial charge in [0.1, 0.15) is 5.78 Å². The molecule has 0 amide bonds. The third kappa shape index (κ3) is 2.37. The van der Waals surface area contributed by atoms with Crippen molar-refractivity contribution in [3.05, 3.63) is 35.4 Å². The van der Waals surface area contributed by atoms with Gasteiger partial charge in [-0.25, -0.2) is 0 Å². The molecule has 4 rings (SSSR count). The molecule has 0 spiro atoms. The van der Waals surface area contributed by atoms with Gasteiger partial charge in [-0.05, 0) is 62.0 Å². The van der Waals surface area contributed by atoms with E-state index < -0.39 is 5.60 Å². The number of benzene rings is 1. The molecule has 0 heterocycles. The van der Waals surface area contributed by atoms with Crippen LogP contribution in [0.15, 0.2) is 24.3 Å². The summed E-state index contributed by atoms with van der Waals surface area (Å²) >= 11 is 0. The number of esters is 1. The summed E-state index contributed by atoms with van der Waals surface area (Å²) in [5.74, 6) is -0.507. The molecule has 0 aromatic heterocycles. The zero-order valence-corrected chi connectivity index (χ0v) is 14.9. The first-order chi connectivity index (χ1) is 12.0. The van der Waals surface area contributed by atoms with E-state index in [1.54, 1.807) is 6.92 Å². The minimum atomic E-state index is -1.06. The van der Waals surface area contributed by atoms with Gasteiger partial charge >= 0.3 is 5.97 Å². The van der Waals surface area contributed by atoms with Crippen LogP contribution in [0, 0.1) is 23.7 Å². The number of hydrogen-bond donors (Lipinski definition) is 1. The Bertz CT molecular complexity index is 712. The summed E-state index contributed by atoms with van der Waals surface area (Å²) in [5, 5.41) is 11.5. The second kappa shape index (κ2) is 5.94. The number of hydrogen-bond acceptors (Lipinski definition) is 4. The number of carbonyl (C=O) groups is 2. The minimum absolute atomic E-state index is 0.0447. The quantitative estimate of drug-likeness (QED) is 0.840. The van der Waals surface area contributed by atoms with Gasteiger partial charge in [0.25, 0.3) is 0 Å². The number of rotatable bonds is 2. The first kappa shape index (κ1) is 16.8. The van der Waals surface area contributed by atoms with Crippen LogP contribution in [-0.4, -0.2) is 29.6 Å². The SMILES string of the molecule is COC(=O)[C@@H]1C[C@@]2(O)[C@H](C(C)=O)CC[C@H]2[C@@H]2CCc3ccccc3[C@H]21. The number of fused-ring (bicyclic) bond motifs is 5. The van der Waals surface area contributed by atoms with Crippen LogP contribution in [0.3, 0.4) is 0 Å². The van der Waals surface area contributed by atoms with Crippen LogP contribution in [0.2, 0.25) is 0 Å². The largest absolute Gasteiger partial charge is 0.469 e. The van der Waals surface area contributed by atoms with E-state index in [4.69, 9.17) is 4.74 Å². The average Bonchev–Trinajstić information content (AvgIpc) is 2.97. The van der Waals surface area contributed by atoms with Crippen molar-refractivity contribution >= 4 is 11.8 Å². The Hall–Kier alpha value is -1.68. The Balaban J connectivity index is 1.81. The number of Topliss-reactive ketones (excluding diaryl/α,β-unsaturated/α-hetero) is 1. The van der Waals surface area contributed by atoms with Crippen LogP contribution in [0.5, 0.6) is 0 Å². The predicted molar refractivity (Wildman–Crippen MR) is 93.0 cm³/mol. The first-order valence-electron chi connectivity index (χ1n) is 9.36. The summed E-state index contributed by atoms with van der Waals surface area (Å²) in [4.78, 5) is 24.8. The van der Waals surface area contributed by atoms with Crippen molar-refractivity contribution in [3.8, 4) is 0 Å². The molecule has 3 aliphatic rings. The molecule has 134 valence electrons. The highest BCUT2D eigenvalue weighted by Crippen LogP contribution is 2.60. The van der Waals surface area contributed by atoms with Crippen molar-refractivity contribution in [2.45, 2.75) is 50.5 Å². The number of aryl methyl sites for hydroxylation is 1. The summed E-state index contributed by atoms with van der Waals surface area (Å²) in [6, 6.07) is 8.35. The molecular formula is C21H26O4. The normalized spacial score (nSPS) is 39.1. The fourth-order valence-electron chi connectivity index (χ4n) is 6.18. The molecule has 0 saturated heterocycles. The molecule has 1 aromatic rings. The van der Waals surface area contributed by atoms with Crippen molar-refractivity contribution in [1.82, 2.24) is 0 Å². The molecule has 0 aliphatic heterocycles. The van der Waals surface area contributed by atoms with Crippen LogP contribution >= 0.6 is 0 Å². The molecule has 1 N–H and O–H groups in total. The molecule has 0 unspecified atom stereocenters. The third-order valence-electron chi connectivity index (χ3n) is 7.13. The maximum absolute atomic E-state index is 12.6. The van der Waals surface area contributed by atoms with E-state index in [9.17, 15) is 14.7 Å². The van der Waals surface area contributed by atoms with E-state index in [0.717, 1.165) is 25.7 Å². The number of methoxy groups -OCH3 is 1. The lowest BCUT2D eigenvalue weighted by molar-refractivity contribution is -0.165. The Morgan fingerprint density at radius 2 is 1.96 bits per heavy atom. The van der Waals surface area contributed by atoms with E-state index in [-0.39, 0.29) is 41.3 Å². The number of ether oxygens (including phenoxy) is 1. The van der Waals surface area contributed by atoms with Crippen LogP contribution in [0.4, 0.5) is 0 Å². The fourth-order valence-corrected chi connectivity index (χ4v) is 6.18. The van der Waals surface area contributed by atoms with Gasteiger partial charge < -0.3 is 9.84 Å². The third-order valence-corrected chi connectivity index (χ3v) is 7.13. The predicted octanol–water partition coefficient (Wildman–Crippen LogP) is 2.87. The molecule has 4 nitrogen and oxygen atoms in total. The highest BCUT2D eigenvalue weighted by Gasteiger charge is 2.61. The monoisotopic (exact) mass is 342 g/mol. The summed E-state index contributed by atoms with van der Waals surface area (Å²) in [6.07, 6.45) is 3.88. The van der Waals surface area contributed by atoms with Gasteiger partial charge in [0, 0.05) is 11.8 Å². The molecule has 4 heteroatoms. The smallest absolute Gasteiger partial charge is 0.309 e. The highest BCUT2D eigenvalue weighted by atomic mass is 16.5. The lowest BCUT2D eigenvalue weighted by Crippen LogP contribution is -2.55. The fraction of sp³-hybridized carbons (Fsp3) is 0.619. The second-order valence-electron chi connectivity index (χ2n) is 8.10. The molecule has 2 saturated carbocycles. The van der Waals surface area contributed by atoms with Crippen LogP contribution < -0.4 is 0 Å². The topological polar surface area (TPSA) is 63.6 Å².